The number of ether oxygens (including phenoxy) is 1. The summed E-state index contributed by atoms with van der Waals surface area (Å²) in [6.07, 6.45) is -4.73. The Labute approximate surface area is 175 Å². The lowest BCUT2D eigenvalue weighted by Gasteiger charge is -2.19. The molecule has 1 aromatic carbocycles. The van der Waals surface area contributed by atoms with Gasteiger partial charge in [0, 0.05) is 17.4 Å². The summed E-state index contributed by atoms with van der Waals surface area (Å²) in [4.78, 5) is 16.1. The van der Waals surface area contributed by atoms with Crippen LogP contribution >= 0.6 is 0 Å². The highest BCUT2D eigenvalue weighted by atomic mass is 19.4. The molecule has 4 rings (SSSR count). The van der Waals surface area contributed by atoms with E-state index in [1.807, 2.05) is 0 Å². The number of alkyl halides is 3. The maximum atomic E-state index is 14.0. The third-order valence-electron chi connectivity index (χ3n) is 5.48. The molecule has 0 spiro atoms. The molecule has 0 radical (unpaired) electrons. The molecule has 7 nitrogen and oxygen atoms in total. The van der Waals surface area contributed by atoms with Gasteiger partial charge in [-0.3, -0.25) is 9.36 Å². The molecule has 1 aliphatic heterocycles. The first-order chi connectivity index (χ1) is 14.2. The monoisotopic (exact) mass is 434 g/mol. The first-order valence-electron chi connectivity index (χ1n) is 9.47. The van der Waals surface area contributed by atoms with E-state index in [4.69, 9.17) is 16.2 Å². The minimum Gasteiger partial charge on any atom is -0.508 e. The van der Waals surface area contributed by atoms with Crippen molar-refractivity contribution in [3.8, 4) is 17.2 Å². The number of aromatic hydroxyl groups is 1. The van der Waals surface area contributed by atoms with Gasteiger partial charge in [0.1, 0.15) is 22.7 Å². The largest absolute Gasteiger partial charge is 0.508 e. The van der Waals surface area contributed by atoms with Crippen LogP contribution in [-0.4, -0.2) is 26.2 Å². The standard InChI is InChI=1S/C21H21F3N4O3/c1-8-5-6-11(29)9(2)14(8)28-15-12(13(18(28)25)19(26)30)17(21(22,23)24)27-10-7-20(3,4)31-16(10)15/h5-6,29H,7,25H2,1-4H3,(H2,26,30). The number of hydrogen-bond acceptors (Lipinski definition) is 5. The molecule has 0 unspecified atom stereocenters. The van der Waals surface area contributed by atoms with Gasteiger partial charge in [-0.15, -0.1) is 0 Å². The number of rotatable bonds is 2. The molecule has 2 aromatic heterocycles. The normalized spacial score (nSPS) is 15.2. The SMILES string of the molecule is Cc1ccc(O)c(C)c1-n1c(N)c(C(N)=O)c2c(C(F)(F)F)nc3c(c21)OC(C)(C)C3. The number of halogens is 3. The van der Waals surface area contributed by atoms with Crippen LogP contribution in [0.2, 0.25) is 0 Å². The molecule has 1 aliphatic rings. The summed E-state index contributed by atoms with van der Waals surface area (Å²) in [7, 11) is 0. The van der Waals surface area contributed by atoms with Gasteiger partial charge in [-0.1, -0.05) is 6.07 Å². The molecule has 0 fully saturated rings. The van der Waals surface area contributed by atoms with E-state index in [-0.39, 0.29) is 34.9 Å². The fraction of sp³-hybridized carbons (Fsp3) is 0.333. The zero-order chi connectivity index (χ0) is 23.0. The van der Waals surface area contributed by atoms with Crippen LogP contribution in [0.1, 0.15) is 46.7 Å². The number of aromatic nitrogens is 2. The molecular formula is C21H21F3N4O3. The summed E-state index contributed by atoms with van der Waals surface area (Å²) in [5.74, 6) is -1.38. The molecule has 3 aromatic rings. The van der Waals surface area contributed by atoms with Crippen LogP contribution in [0, 0.1) is 13.8 Å². The number of benzene rings is 1. The van der Waals surface area contributed by atoms with Crippen LogP contribution in [0.3, 0.4) is 0 Å². The Bertz CT molecular complexity index is 1280. The van der Waals surface area contributed by atoms with Gasteiger partial charge in [0.25, 0.3) is 5.91 Å². The summed E-state index contributed by atoms with van der Waals surface area (Å²) in [6.45, 7) is 6.77. The number of fused-ring (bicyclic) bond motifs is 3. The Morgan fingerprint density at radius 2 is 1.94 bits per heavy atom. The summed E-state index contributed by atoms with van der Waals surface area (Å²) in [5, 5.41) is 9.74. The highest BCUT2D eigenvalue weighted by Gasteiger charge is 2.44. The second-order valence-corrected chi connectivity index (χ2v) is 8.33. The van der Waals surface area contributed by atoms with Gasteiger partial charge in [0.05, 0.1) is 16.9 Å². The van der Waals surface area contributed by atoms with Crippen molar-refractivity contribution in [2.24, 2.45) is 5.73 Å². The molecule has 0 aliphatic carbocycles. The molecule has 3 heterocycles. The lowest BCUT2D eigenvalue weighted by molar-refractivity contribution is -0.139. The number of nitrogen functional groups attached to an aromatic ring is 1. The van der Waals surface area contributed by atoms with E-state index in [1.165, 1.54) is 10.6 Å². The number of nitrogens with two attached hydrogens (primary N) is 2. The number of anilines is 1. The first kappa shape index (κ1) is 20.8. The topological polar surface area (TPSA) is 116 Å². The Balaban J connectivity index is 2.30. The third kappa shape index (κ3) is 2.96. The van der Waals surface area contributed by atoms with E-state index < -0.39 is 34.3 Å². The average Bonchev–Trinajstić information content (AvgIpc) is 3.10. The number of aryl methyl sites for hydroxylation is 1. The van der Waals surface area contributed by atoms with E-state index in [0.29, 0.717) is 16.8 Å². The van der Waals surface area contributed by atoms with E-state index in [0.717, 1.165) is 0 Å². The predicted molar refractivity (Wildman–Crippen MR) is 109 cm³/mol. The van der Waals surface area contributed by atoms with Crippen molar-refractivity contribution < 1.29 is 27.8 Å². The third-order valence-corrected chi connectivity index (χ3v) is 5.48. The number of phenols is 1. The van der Waals surface area contributed by atoms with Gasteiger partial charge in [-0.05, 0) is 39.3 Å². The van der Waals surface area contributed by atoms with Gasteiger partial charge < -0.3 is 21.3 Å². The molecule has 10 heteroatoms. The zero-order valence-electron chi connectivity index (χ0n) is 17.3. The summed E-state index contributed by atoms with van der Waals surface area (Å²) in [5.41, 5.74) is 10.5. The van der Waals surface area contributed by atoms with Crippen molar-refractivity contribution in [1.29, 1.82) is 0 Å². The van der Waals surface area contributed by atoms with E-state index in [1.54, 1.807) is 33.8 Å². The average molecular weight is 434 g/mol. The van der Waals surface area contributed by atoms with Crippen LogP contribution in [-0.2, 0) is 12.6 Å². The number of phenolic OH excluding ortho intramolecular Hbond substituents is 1. The van der Waals surface area contributed by atoms with Crippen LogP contribution in [0.15, 0.2) is 12.1 Å². The summed E-state index contributed by atoms with van der Waals surface area (Å²) >= 11 is 0. The van der Waals surface area contributed by atoms with Gasteiger partial charge in [0.2, 0.25) is 0 Å². The smallest absolute Gasteiger partial charge is 0.434 e. The lowest BCUT2D eigenvalue weighted by Crippen LogP contribution is -2.25. The van der Waals surface area contributed by atoms with Crippen LogP contribution in [0.4, 0.5) is 19.0 Å². The number of carbonyl (C=O) groups excluding carboxylic acids is 1. The maximum Gasteiger partial charge on any atom is 0.434 e. The molecule has 5 N–H and O–H groups in total. The van der Waals surface area contributed by atoms with E-state index in [9.17, 15) is 23.1 Å². The van der Waals surface area contributed by atoms with Crippen LogP contribution in [0.5, 0.6) is 11.5 Å². The highest BCUT2D eigenvalue weighted by molar-refractivity contribution is 6.14. The number of nitrogens with zero attached hydrogens (tertiary/aromatic N) is 2. The Kier molecular flexibility index (Phi) is 4.22. The molecule has 164 valence electrons. The minimum absolute atomic E-state index is 0.0500. The van der Waals surface area contributed by atoms with E-state index >= 15 is 0 Å². The Morgan fingerprint density at radius 3 is 2.52 bits per heavy atom. The Morgan fingerprint density at radius 1 is 1.29 bits per heavy atom. The number of carbonyl (C=O) groups is 1. The van der Waals surface area contributed by atoms with E-state index in [2.05, 4.69) is 4.98 Å². The molecular weight excluding hydrogens is 413 g/mol. The number of amides is 1. The maximum absolute atomic E-state index is 14.0. The molecule has 0 saturated carbocycles. The molecule has 0 atom stereocenters. The highest BCUT2D eigenvalue weighted by Crippen LogP contribution is 2.49. The minimum atomic E-state index is -4.87. The van der Waals surface area contributed by atoms with Crippen molar-refractivity contribution in [2.45, 2.75) is 45.9 Å². The van der Waals surface area contributed by atoms with Crippen molar-refractivity contribution in [3.05, 3.63) is 40.2 Å². The van der Waals surface area contributed by atoms with Gasteiger partial charge in [0.15, 0.2) is 11.4 Å². The second kappa shape index (κ2) is 6.29. The zero-order valence-corrected chi connectivity index (χ0v) is 17.3. The molecule has 0 bridgehead atoms. The number of hydrogen-bond donors (Lipinski definition) is 3. The van der Waals surface area contributed by atoms with Crippen molar-refractivity contribution in [2.75, 3.05) is 5.73 Å². The van der Waals surface area contributed by atoms with Gasteiger partial charge >= 0.3 is 6.18 Å². The van der Waals surface area contributed by atoms with Crippen LogP contribution < -0.4 is 16.2 Å². The van der Waals surface area contributed by atoms with Crippen molar-refractivity contribution >= 4 is 22.6 Å². The predicted octanol–water partition coefficient (Wildman–Crippen LogP) is 3.76. The van der Waals surface area contributed by atoms with Gasteiger partial charge in [-0.2, -0.15) is 13.2 Å². The van der Waals surface area contributed by atoms with Crippen molar-refractivity contribution in [1.82, 2.24) is 9.55 Å². The summed E-state index contributed by atoms with van der Waals surface area (Å²) < 4.78 is 49.4. The van der Waals surface area contributed by atoms with Crippen molar-refractivity contribution in [3.63, 3.8) is 0 Å². The fourth-order valence-electron chi connectivity index (χ4n) is 4.21. The number of primary amides is 1. The first-order valence-corrected chi connectivity index (χ1v) is 9.47. The van der Waals surface area contributed by atoms with Gasteiger partial charge in [-0.25, -0.2) is 4.98 Å². The lowest BCUT2D eigenvalue weighted by atomic mass is 10.0. The molecule has 1 amide bonds. The molecule has 0 saturated heterocycles. The number of pyridine rings is 1. The second-order valence-electron chi connectivity index (χ2n) is 8.33. The Hall–Kier alpha value is -3.43. The molecule has 31 heavy (non-hydrogen) atoms. The fourth-order valence-corrected chi connectivity index (χ4v) is 4.21. The summed E-state index contributed by atoms with van der Waals surface area (Å²) in [6, 6.07) is 3.07. The quantitative estimate of drug-likeness (QED) is 0.568. The van der Waals surface area contributed by atoms with Crippen LogP contribution in [0.25, 0.3) is 16.6 Å².